The third kappa shape index (κ3) is 6.63. The van der Waals surface area contributed by atoms with Crippen molar-refractivity contribution in [2.75, 3.05) is 46.0 Å². The molecule has 206 valence electrons. The molecule has 2 aromatic heterocycles. The van der Waals surface area contributed by atoms with Crippen molar-refractivity contribution in [2.45, 2.75) is 6.54 Å². The fourth-order valence-electron chi connectivity index (χ4n) is 4.05. The SMILES string of the molecule is COCCOc1cc2ncnc(Nc3cccc(-c4cn(Cc5ccc(O)cc5)nn4)c3)c2cc1OCCOC. The number of fused-ring (bicyclic) bond motifs is 1. The van der Waals surface area contributed by atoms with Gasteiger partial charge in [-0.15, -0.1) is 5.10 Å². The van der Waals surface area contributed by atoms with Crippen molar-refractivity contribution in [3.05, 3.63) is 78.8 Å². The molecule has 2 N–H and O–H groups in total. The molecule has 2 heterocycles. The highest BCUT2D eigenvalue weighted by molar-refractivity contribution is 5.93. The number of nitrogens with zero attached hydrogens (tertiary/aromatic N) is 5. The summed E-state index contributed by atoms with van der Waals surface area (Å²) in [6.45, 7) is 2.19. The molecule has 0 radical (unpaired) electrons. The van der Waals surface area contributed by atoms with E-state index < -0.39 is 0 Å². The highest BCUT2D eigenvalue weighted by Gasteiger charge is 2.14. The summed E-state index contributed by atoms with van der Waals surface area (Å²) in [5.41, 5.74) is 4.18. The Kier molecular flexibility index (Phi) is 8.64. The summed E-state index contributed by atoms with van der Waals surface area (Å²) in [5, 5.41) is 22.3. The van der Waals surface area contributed by atoms with Crippen LogP contribution >= 0.6 is 0 Å². The van der Waals surface area contributed by atoms with Gasteiger partial charge in [-0.25, -0.2) is 14.6 Å². The largest absolute Gasteiger partial charge is 0.508 e. The summed E-state index contributed by atoms with van der Waals surface area (Å²) < 4.78 is 23.8. The van der Waals surface area contributed by atoms with Crippen molar-refractivity contribution in [1.29, 1.82) is 0 Å². The van der Waals surface area contributed by atoms with Crippen LogP contribution in [-0.2, 0) is 16.0 Å². The van der Waals surface area contributed by atoms with Crippen LogP contribution < -0.4 is 14.8 Å². The molecule has 0 bridgehead atoms. The van der Waals surface area contributed by atoms with Gasteiger partial charge in [0.1, 0.15) is 36.8 Å². The minimum atomic E-state index is 0.231. The van der Waals surface area contributed by atoms with Crippen LogP contribution in [-0.4, -0.2) is 70.7 Å². The van der Waals surface area contributed by atoms with E-state index in [4.69, 9.17) is 18.9 Å². The van der Waals surface area contributed by atoms with Gasteiger partial charge >= 0.3 is 0 Å². The van der Waals surface area contributed by atoms with E-state index in [0.29, 0.717) is 55.8 Å². The summed E-state index contributed by atoms with van der Waals surface area (Å²) >= 11 is 0. The van der Waals surface area contributed by atoms with Crippen LogP contribution in [0.25, 0.3) is 22.2 Å². The molecule has 0 atom stereocenters. The maximum atomic E-state index is 9.51. The highest BCUT2D eigenvalue weighted by Crippen LogP contribution is 2.35. The van der Waals surface area contributed by atoms with Gasteiger partial charge in [0.2, 0.25) is 0 Å². The number of hydrogen-bond donors (Lipinski definition) is 2. The second kappa shape index (κ2) is 12.9. The van der Waals surface area contributed by atoms with Crippen LogP contribution in [0.4, 0.5) is 11.5 Å². The molecule has 0 saturated heterocycles. The van der Waals surface area contributed by atoms with Gasteiger partial charge in [0.15, 0.2) is 11.5 Å². The van der Waals surface area contributed by atoms with E-state index >= 15 is 0 Å². The topological polar surface area (TPSA) is 126 Å². The predicted molar refractivity (Wildman–Crippen MR) is 150 cm³/mol. The zero-order chi connectivity index (χ0) is 27.7. The quantitative estimate of drug-likeness (QED) is 0.206. The van der Waals surface area contributed by atoms with Crippen LogP contribution in [0.3, 0.4) is 0 Å². The molecule has 0 fully saturated rings. The van der Waals surface area contributed by atoms with Gasteiger partial charge in [-0.2, -0.15) is 0 Å². The van der Waals surface area contributed by atoms with Gasteiger partial charge < -0.3 is 29.4 Å². The van der Waals surface area contributed by atoms with Gasteiger partial charge in [0, 0.05) is 36.9 Å². The summed E-state index contributed by atoms with van der Waals surface area (Å²) in [5.74, 6) is 1.99. The average Bonchev–Trinajstić information content (AvgIpc) is 3.44. The Hall–Kier alpha value is -4.74. The van der Waals surface area contributed by atoms with Gasteiger partial charge in [-0.3, -0.25) is 0 Å². The number of benzene rings is 3. The van der Waals surface area contributed by atoms with E-state index in [9.17, 15) is 5.11 Å². The van der Waals surface area contributed by atoms with E-state index in [2.05, 4.69) is 25.6 Å². The summed E-state index contributed by atoms with van der Waals surface area (Å²) in [7, 11) is 3.25. The first kappa shape index (κ1) is 26.9. The molecule has 11 nitrogen and oxygen atoms in total. The fraction of sp³-hybridized carbons (Fsp3) is 0.241. The Morgan fingerprint density at radius 3 is 2.35 bits per heavy atom. The standard InChI is InChI=1S/C29H30N6O5/c1-37-10-12-39-27-15-24-25(16-28(27)40-13-11-38-2)30-19-31-29(24)32-22-5-3-4-21(14-22)26-18-35(34-33-26)17-20-6-8-23(36)9-7-20/h3-9,14-16,18-19,36H,10-13,17H2,1-2H3,(H,30,31,32). The Morgan fingerprint density at radius 2 is 1.60 bits per heavy atom. The lowest BCUT2D eigenvalue weighted by Gasteiger charge is -2.15. The van der Waals surface area contributed by atoms with Crippen LogP contribution in [0.15, 0.2) is 73.2 Å². The Labute approximate surface area is 231 Å². The maximum absolute atomic E-state index is 9.51. The fourth-order valence-corrected chi connectivity index (χ4v) is 4.05. The zero-order valence-corrected chi connectivity index (χ0v) is 22.3. The van der Waals surface area contributed by atoms with Crippen molar-refractivity contribution in [3.8, 4) is 28.5 Å². The molecule has 5 rings (SSSR count). The number of hydrogen-bond acceptors (Lipinski definition) is 10. The van der Waals surface area contributed by atoms with Crippen molar-refractivity contribution in [1.82, 2.24) is 25.0 Å². The molecular formula is C29H30N6O5. The first-order valence-electron chi connectivity index (χ1n) is 12.7. The summed E-state index contributed by atoms with van der Waals surface area (Å²) in [6, 6.07) is 18.6. The number of phenols is 1. The predicted octanol–water partition coefficient (Wildman–Crippen LogP) is 4.44. The number of aromatic hydroxyl groups is 1. The molecule has 3 aromatic carbocycles. The molecule has 0 amide bonds. The number of aromatic nitrogens is 5. The lowest BCUT2D eigenvalue weighted by molar-refractivity contribution is 0.132. The number of phenolic OH excluding ortho intramolecular Hbond substituents is 1. The Morgan fingerprint density at radius 1 is 0.850 bits per heavy atom. The number of rotatable bonds is 13. The molecule has 0 aliphatic heterocycles. The van der Waals surface area contributed by atoms with Crippen molar-refractivity contribution in [3.63, 3.8) is 0 Å². The molecule has 40 heavy (non-hydrogen) atoms. The first-order chi connectivity index (χ1) is 19.6. The molecule has 5 aromatic rings. The second-order valence-corrected chi connectivity index (χ2v) is 8.89. The zero-order valence-electron chi connectivity index (χ0n) is 22.3. The highest BCUT2D eigenvalue weighted by atomic mass is 16.5. The molecule has 0 aliphatic carbocycles. The van der Waals surface area contributed by atoms with Crippen LogP contribution in [0.1, 0.15) is 5.56 Å². The van der Waals surface area contributed by atoms with Crippen LogP contribution in [0.2, 0.25) is 0 Å². The van der Waals surface area contributed by atoms with Crippen molar-refractivity contribution >= 4 is 22.4 Å². The number of ether oxygens (including phenoxy) is 4. The van der Waals surface area contributed by atoms with Gasteiger partial charge in [0.25, 0.3) is 0 Å². The summed E-state index contributed by atoms with van der Waals surface area (Å²) in [6.07, 6.45) is 3.40. The van der Waals surface area contributed by atoms with Gasteiger partial charge in [-0.05, 0) is 35.9 Å². The second-order valence-electron chi connectivity index (χ2n) is 8.89. The van der Waals surface area contributed by atoms with E-state index in [0.717, 1.165) is 27.9 Å². The maximum Gasteiger partial charge on any atom is 0.163 e. The third-order valence-electron chi connectivity index (χ3n) is 6.03. The van der Waals surface area contributed by atoms with Crippen LogP contribution in [0.5, 0.6) is 17.2 Å². The molecule has 11 heteroatoms. The van der Waals surface area contributed by atoms with Crippen molar-refractivity contribution in [2.24, 2.45) is 0 Å². The molecule has 0 aliphatic rings. The van der Waals surface area contributed by atoms with Gasteiger partial charge in [-0.1, -0.05) is 29.5 Å². The molecule has 0 spiro atoms. The number of methoxy groups -OCH3 is 2. The normalized spacial score (nSPS) is 11.1. The molecule has 0 saturated carbocycles. The Bertz CT molecular complexity index is 1560. The first-order valence-corrected chi connectivity index (χ1v) is 12.7. The minimum absolute atomic E-state index is 0.231. The lowest BCUT2D eigenvalue weighted by atomic mass is 10.1. The van der Waals surface area contributed by atoms with E-state index in [1.165, 1.54) is 6.33 Å². The van der Waals surface area contributed by atoms with E-state index in [-0.39, 0.29) is 5.75 Å². The lowest BCUT2D eigenvalue weighted by Crippen LogP contribution is -2.09. The number of anilines is 2. The van der Waals surface area contributed by atoms with E-state index in [1.807, 2.05) is 54.7 Å². The average molecular weight is 543 g/mol. The van der Waals surface area contributed by atoms with Gasteiger partial charge in [0.05, 0.1) is 31.5 Å². The van der Waals surface area contributed by atoms with E-state index in [1.54, 1.807) is 31.0 Å². The number of nitrogens with one attached hydrogen (secondary N) is 1. The van der Waals surface area contributed by atoms with Crippen molar-refractivity contribution < 1.29 is 24.1 Å². The monoisotopic (exact) mass is 542 g/mol. The smallest absolute Gasteiger partial charge is 0.163 e. The Balaban J connectivity index is 1.38. The molecular weight excluding hydrogens is 512 g/mol. The minimum Gasteiger partial charge on any atom is -0.508 e. The summed E-state index contributed by atoms with van der Waals surface area (Å²) in [4.78, 5) is 8.93. The molecule has 0 unspecified atom stereocenters. The van der Waals surface area contributed by atoms with Crippen LogP contribution in [0, 0.1) is 0 Å². The third-order valence-corrected chi connectivity index (χ3v) is 6.03.